The van der Waals surface area contributed by atoms with Crippen molar-refractivity contribution in [2.45, 2.75) is 46.1 Å². The first-order valence-corrected chi connectivity index (χ1v) is 7.37. The van der Waals surface area contributed by atoms with Gasteiger partial charge in [0.15, 0.2) is 17.3 Å². The van der Waals surface area contributed by atoms with Crippen molar-refractivity contribution in [1.82, 2.24) is 0 Å². The van der Waals surface area contributed by atoms with Crippen LogP contribution in [-0.4, -0.2) is 19.0 Å². The van der Waals surface area contributed by atoms with Gasteiger partial charge in [0, 0.05) is 5.56 Å². The Balaban J connectivity index is 2.11. The Morgan fingerprint density at radius 2 is 1.90 bits per heavy atom. The molecule has 0 spiro atoms. The quantitative estimate of drug-likeness (QED) is 0.777. The van der Waals surface area contributed by atoms with E-state index in [-0.39, 0.29) is 11.9 Å². The fourth-order valence-corrected chi connectivity index (χ4v) is 2.77. The number of carbonyl (C=O) groups excluding carboxylic acids is 1. The van der Waals surface area contributed by atoms with Crippen LogP contribution in [0, 0.1) is 11.8 Å². The van der Waals surface area contributed by atoms with Crippen LogP contribution in [0.15, 0.2) is 18.2 Å². The van der Waals surface area contributed by atoms with Crippen LogP contribution in [0.25, 0.3) is 0 Å². The van der Waals surface area contributed by atoms with Gasteiger partial charge in [0.2, 0.25) is 0 Å². The highest BCUT2D eigenvalue weighted by atomic mass is 16.5. The Kier molecular flexibility index (Phi) is 4.69. The normalized spacial score (nSPS) is 26.1. The minimum Gasteiger partial charge on any atom is -0.493 e. The summed E-state index contributed by atoms with van der Waals surface area (Å²) in [5, 5.41) is 0. The summed E-state index contributed by atoms with van der Waals surface area (Å²) >= 11 is 0. The fourth-order valence-electron chi connectivity index (χ4n) is 2.77. The molecule has 1 aliphatic rings. The second-order valence-electron chi connectivity index (χ2n) is 5.93. The summed E-state index contributed by atoms with van der Waals surface area (Å²) in [7, 11) is 1.61. The molecule has 3 nitrogen and oxygen atoms in total. The van der Waals surface area contributed by atoms with E-state index < -0.39 is 0 Å². The van der Waals surface area contributed by atoms with E-state index in [4.69, 9.17) is 9.47 Å². The number of rotatable bonds is 4. The van der Waals surface area contributed by atoms with Crippen LogP contribution in [0.2, 0.25) is 0 Å². The SMILES string of the molecule is COc1cc(C(C)=O)ccc1OC1CCC(C)C(C)C1. The summed E-state index contributed by atoms with van der Waals surface area (Å²) in [6.07, 6.45) is 3.62. The molecule has 0 saturated heterocycles. The smallest absolute Gasteiger partial charge is 0.161 e. The van der Waals surface area contributed by atoms with Crippen molar-refractivity contribution in [1.29, 1.82) is 0 Å². The largest absolute Gasteiger partial charge is 0.493 e. The third kappa shape index (κ3) is 3.33. The van der Waals surface area contributed by atoms with Gasteiger partial charge in [-0.05, 0) is 56.2 Å². The van der Waals surface area contributed by atoms with Gasteiger partial charge in [-0.25, -0.2) is 0 Å². The summed E-state index contributed by atoms with van der Waals surface area (Å²) < 4.78 is 11.4. The van der Waals surface area contributed by atoms with Crippen molar-refractivity contribution < 1.29 is 14.3 Å². The molecule has 1 aliphatic carbocycles. The van der Waals surface area contributed by atoms with Gasteiger partial charge in [0.05, 0.1) is 13.2 Å². The van der Waals surface area contributed by atoms with Crippen LogP contribution < -0.4 is 9.47 Å². The molecule has 1 saturated carbocycles. The van der Waals surface area contributed by atoms with E-state index in [1.807, 2.05) is 6.07 Å². The Labute approximate surface area is 121 Å². The van der Waals surface area contributed by atoms with Gasteiger partial charge in [-0.15, -0.1) is 0 Å². The van der Waals surface area contributed by atoms with Gasteiger partial charge in [-0.2, -0.15) is 0 Å². The second kappa shape index (κ2) is 6.29. The first-order valence-electron chi connectivity index (χ1n) is 7.37. The Hall–Kier alpha value is -1.51. The lowest BCUT2D eigenvalue weighted by atomic mass is 9.80. The number of ketones is 1. The zero-order valence-electron chi connectivity index (χ0n) is 12.8. The first-order chi connectivity index (χ1) is 9.51. The molecule has 1 aromatic rings. The lowest BCUT2D eigenvalue weighted by Gasteiger charge is -2.32. The molecule has 0 N–H and O–H groups in total. The van der Waals surface area contributed by atoms with Gasteiger partial charge in [0.25, 0.3) is 0 Å². The molecule has 0 aliphatic heterocycles. The maximum absolute atomic E-state index is 11.4. The van der Waals surface area contributed by atoms with Crippen molar-refractivity contribution >= 4 is 5.78 Å². The zero-order valence-corrected chi connectivity index (χ0v) is 12.8. The maximum Gasteiger partial charge on any atom is 0.161 e. The average molecular weight is 276 g/mol. The molecule has 20 heavy (non-hydrogen) atoms. The predicted molar refractivity (Wildman–Crippen MR) is 79.6 cm³/mol. The molecule has 3 heteroatoms. The van der Waals surface area contributed by atoms with Crippen LogP contribution in [0.1, 0.15) is 50.4 Å². The average Bonchev–Trinajstić information content (AvgIpc) is 2.43. The highest BCUT2D eigenvalue weighted by Crippen LogP contribution is 2.35. The predicted octanol–water partition coefficient (Wildman–Crippen LogP) is 4.10. The minimum absolute atomic E-state index is 0.0370. The van der Waals surface area contributed by atoms with E-state index in [9.17, 15) is 4.79 Å². The molecule has 3 atom stereocenters. The maximum atomic E-state index is 11.4. The van der Waals surface area contributed by atoms with Gasteiger partial charge in [-0.1, -0.05) is 13.8 Å². The number of carbonyl (C=O) groups is 1. The molecule has 2 rings (SSSR count). The Morgan fingerprint density at radius 1 is 1.15 bits per heavy atom. The minimum atomic E-state index is 0.0370. The van der Waals surface area contributed by atoms with Crippen LogP contribution in [0.4, 0.5) is 0 Å². The van der Waals surface area contributed by atoms with Crippen molar-refractivity contribution in [3.63, 3.8) is 0 Å². The van der Waals surface area contributed by atoms with E-state index in [0.29, 0.717) is 17.2 Å². The molecule has 1 fully saturated rings. The lowest BCUT2D eigenvalue weighted by molar-refractivity contribution is 0.0974. The molecular weight excluding hydrogens is 252 g/mol. The van der Waals surface area contributed by atoms with E-state index in [0.717, 1.165) is 24.5 Å². The van der Waals surface area contributed by atoms with Crippen molar-refractivity contribution in [2.75, 3.05) is 7.11 Å². The van der Waals surface area contributed by atoms with Crippen LogP contribution in [-0.2, 0) is 0 Å². The number of ether oxygens (including phenoxy) is 2. The number of methoxy groups -OCH3 is 1. The van der Waals surface area contributed by atoms with E-state index in [1.54, 1.807) is 26.2 Å². The van der Waals surface area contributed by atoms with Crippen LogP contribution in [0.5, 0.6) is 11.5 Å². The topological polar surface area (TPSA) is 35.5 Å². The molecule has 0 aromatic heterocycles. The number of Topliss-reactive ketones (excluding diaryl/α,β-unsaturated/α-hetero) is 1. The number of hydrogen-bond donors (Lipinski definition) is 0. The monoisotopic (exact) mass is 276 g/mol. The Bertz CT molecular complexity index is 481. The molecule has 0 bridgehead atoms. The van der Waals surface area contributed by atoms with Gasteiger partial charge < -0.3 is 9.47 Å². The molecule has 0 heterocycles. The van der Waals surface area contributed by atoms with Gasteiger partial charge in [-0.3, -0.25) is 4.79 Å². The molecule has 3 unspecified atom stereocenters. The highest BCUT2D eigenvalue weighted by Gasteiger charge is 2.26. The van der Waals surface area contributed by atoms with Crippen LogP contribution in [0.3, 0.4) is 0 Å². The summed E-state index contributed by atoms with van der Waals surface area (Å²) in [5.74, 6) is 2.89. The third-order valence-electron chi connectivity index (χ3n) is 4.41. The fraction of sp³-hybridized carbons (Fsp3) is 0.588. The molecule has 0 radical (unpaired) electrons. The zero-order chi connectivity index (χ0) is 14.7. The number of benzene rings is 1. The van der Waals surface area contributed by atoms with E-state index in [2.05, 4.69) is 13.8 Å². The molecule has 0 amide bonds. The van der Waals surface area contributed by atoms with Gasteiger partial charge in [0.1, 0.15) is 0 Å². The van der Waals surface area contributed by atoms with Crippen molar-refractivity contribution in [2.24, 2.45) is 11.8 Å². The van der Waals surface area contributed by atoms with E-state index in [1.165, 1.54) is 6.42 Å². The summed E-state index contributed by atoms with van der Waals surface area (Å²) in [6, 6.07) is 5.40. The molecule has 110 valence electrons. The summed E-state index contributed by atoms with van der Waals surface area (Å²) in [6.45, 7) is 6.15. The third-order valence-corrected chi connectivity index (χ3v) is 4.41. The van der Waals surface area contributed by atoms with Crippen molar-refractivity contribution in [3.05, 3.63) is 23.8 Å². The second-order valence-corrected chi connectivity index (χ2v) is 5.93. The van der Waals surface area contributed by atoms with Crippen molar-refractivity contribution in [3.8, 4) is 11.5 Å². The standard InChI is InChI=1S/C17H24O3/c1-11-5-7-15(9-12(11)2)20-16-8-6-14(13(3)18)10-17(16)19-4/h6,8,10-12,15H,5,7,9H2,1-4H3. The number of hydrogen-bond acceptors (Lipinski definition) is 3. The molecular formula is C17H24O3. The van der Waals surface area contributed by atoms with E-state index >= 15 is 0 Å². The van der Waals surface area contributed by atoms with Crippen LogP contribution >= 0.6 is 0 Å². The summed E-state index contributed by atoms with van der Waals surface area (Å²) in [5.41, 5.74) is 0.653. The highest BCUT2D eigenvalue weighted by molar-refractivity contribution is 5.94. The van der Waals surface area contributed by atoms with Gasteiger partial charge >= 0.3 is 0 Å². The first kappa shape index (κ1) is 14.9. The summed E-state index contributed by atoms with van der Waals surface area (Å²) in [4.78, 5) is 11.4. The Morgan fingerprint density at radius 3 is 2.50 bits per heavy atom. The molecule has 1 aromatic carbocycles. The lowest BCUT2D eigenvalue weighted by Crippen LogP contribution is -2.28.